The van der Waals surface area contributed by atoms with Crippen LogP contribution in [0.25, 0.3) is 0 Å². The van der Waals surface area contributed by atoms with Gasteiger partial charge in [0.1, 0.15) is 6.54 Å². The topological polar surface area (TPSA) is 46.6 Å². The second kappa shape index (κ2) is 4.80. The van der Waals surface area contributed by atoms with E-state index >= 15 is 0 Å². The van der Waals surface area contributed by atoms with Gasteiger partial charge in [0.25, 0.3) is 0 Å². The molecule has 4 unspecified atom stereocenters. The minimum absolute atomic E-state index is 0.119. The molecule has 4 nitrogen and oxygen atoms in total. The van der Waals surface area contributed by atoms with Gasteiger partial charge in [0.05, 0.1) is 7.11 Å². The van der Waals surface area contributed by atoms with Crippen LogP contribution in [-0.4, -0.2) is 37.0 Å². The van der Waals surface area contributed by atoms with Crippen molar-refractivity contribution < 1.29 is 14.3 Å². The molecule has 0 saturated heterocycles. The van der Waals surface area contributed by atoms with Crippen molar-refractivity contribution in [2.45, 2.75) is 32.6 Å². The summed E-state index contributed by atoms with van der Waals surface area (Å²) in [4.78, 5) is 25.7. The highest BCUT2D eigenvalue weighted by Crippen LogP contribution is 2.69. The summed E-state index contributed by atoms with van der Waals surface area (Å²) in [6.07, 6.45) is 4.88. The van der Waals surface area contributed by atoms with Crippen molar-refractivity contribution in [1.82, 2.24) is 4.90 Å². The molecule has 3 fully saturated rings. The largest absolute Gasteiger partial charge is 0.468 e. The van der Waals surface area contributed by atoms with Crippen LogP contribution >= 0.6 is 0 Å². The molecule has 4 heteroatoms. The fraction of sp³-hybridized carbons (Fsp3) is 0.867. The molecule has 0 aliphatic heterocycles. The molecular weight excluding hydrogens is 242 g/mol. The zero-order valence-corrected chi connectivity index (χ0v) is 11.8. The Morgan fingerprint density at radius 2 is 1.84 bits per heavy atom. The van der Waals surface area contributed by atoms with E-state index in [1.165, 1.54) is 26.4 Å². The number of rotatable bonds is 5. The van der Waals surface area contributed by atoms with Crippen molar-refractivity contribution in [3.63, 3.8) is 0 Å². The SMILES string of the molecule is CCCN(CC(=O)OC)C(=O)C1C2C3CCC(C3)C12. The monoisotopic (exact) mass is 265 g/mol. The van der Waals surface area contributed by atoms with Crippen molar-refractivity contribution >= 4 is 11.9 Å². The second-order valence-corrected chi connectivity index (χ2v) is 6.35. The van der Waals surface area contributed by atoms with Gasteiger partial charge in [0.2, 0.25) is 5.91 Å². The van der Waals surface area contributed by atoms with Crippen LogP contribution in [0.15, 0.2) is 0 Å². The van der Waals surface area contributed by atoms with Crippen LogP contribution in [0.2, 0.25) is 0 Å². The molecular formula is C15H23NO3. The lowest BCUT2D eigenvalue weighted by Gasteiger charge is -2.22. The standard InChI is InChI=1S/C15H23NO3/c1-3-6-16(8-11(17)19-2)15(18)14-12-9-4-5-10(7-9)13(12)14/h9-10,12-14H,3-8H2,1-2H3. The van der Waals surface area contributed by atoms with E-state index in [4.69, 9.17) is 4.74 Å². The fourth-order valence-corrected chi connectivity index (χ4v) is 4.62. The van der Waals surface area contributed by atoms with E-state index in [1.54, 1.807) is 4.90 Å². The van der Waals surface area contributed by atoms with Crippen LogP contribution in [-0.2, 0) is 14.3 Å². The molecule has 2 bridgehead atoms. The van der Waals surface area contributed by atoms with Gasteiger partial charge in [-0.05, 0) is 49.4 Å². The summed E-state index contributed by atoms with van der Waals surface area (Å²) in [7, 11) is 1.38. The summed E-state index contributed by atoms with van der Waals surface area (Å²) < 4.78 is 4.69. The van der Waals surface area contributed by atoms with Crippen LogP contribution in [0.1, 0.15) is 32.6 Å². The first-order chi connectivity index (χ1) is 9.17. The average Bonchev–Trinajstić information content (AvgIpc) is 2.84. The van der Waals surface area contributed by atoms with Gasteiger partial charge in [-0.1, -0.05) is 6.92 Å². The number of carbonyl (C=O) groups excluding carboxylic acids is 2. The first-order valence-corrected chi connectivity index (χ1v) is 7.53. The van der Waals surface area contributed by atoms with E-state index < -0.39 is 0 Å². The Kier molecular flexibility index (Phi) is 3.27. The van der Waals surface area contributed by atoms with E-state index in [2.05, 4.69) is 0 Å². The number of methoxy groups -OCH3 is 1. The van der Waals surface area contributed by atoms with Crippen molar-refractivity contribution in [2.24, 2.45) is 29.6 Å². The first kappa shape index (κ1) is 12.9. The molecule has 1 amide bonds. The van der Waals surface area contributed by atoms with Gasteiger partial charge in [0, 0.05) is 12.5 Å². The maximum Gasteiger partial charge on any atom is 0.325 e. The highest BCUT2D eigenvalue weighted by Gasteiger charge is 2.67. The van der Waals surface area contributed by atoms with Gasteiger partial charge in [-0.2, -0.15) is 0 Å². The normalized spacial score (nSPS) is 37.9. The summed E-state index contributed by atoms with van der Waals surface area (Å²) in [6.45, 7) is 2.82. The molecule has 0 heterocycles. The third-order valence-electron chi connectivity index (χ3n) is 5.37. The zero-order valence-electron chi connectivity index (χ0n) is 11.8. The number of fused-ring (bicyclic) bond motifs is 5. The van der Waals surface area contributed by atoms with Crippen LogP contribution in [0, 0.1) is 29.6 Å². The summed E-state index contributed by atoms with van der Waals surface area (Å²) >= 11 is 0. The molecule has 3 aliphatic carbocycles. The predicted octanol–water partition coefficient (Wildman–Crippen LogP) is 1.69. The lowest BCUT2D eigenvalue weighted by atomic mass is 10.0. The van der Waals surface area contributed by atoms with Gasteiger partial charge in [-0.15, -0.1) is 0 Å². The molecule has 0 radical (unpaired) electrons. The molecule has 0 spiro atoms. The van der Waals surface area contributed by atoms with E-state index in [0.717, 1.165) is 18.3 Å². The van der Waals surface area contributed by atoms with Crippen molar-refractivity contribution in [3.05, 3.63) is 0 Å². The average molecular weight is 265 g/mol. The molecule has 19 heavy (non-hydrogen) atoms. The van der Waals surface area contributed by atoms with E-state index in [9.17, 15) is 9.59 Å². The minimum atomic E-state index is -0.310. The maximum atomic E-state index is 12.6. The molecule has 0 N–H and O–H groups in total. The predicted molar refractivity (Wildman–Crippen MR) is 70.2 cm³/mol. The number of amides is 1. The quantitative estimate of drug-likeness (QED) is 0.711. The first-order valence-electron chi connectivity index (χ1n) is 7.53. The highest BCUT2D eigenvalue weighted by molar-refractivity contribution is 5.86. The Balaban J connectivity index is 1.63. The van der Waals surface area contributed by atoms with Crippen LogP contribution in [0.4, 0.5) is 0 Å². The Bertz CT molecular complexity index is 379. The number of esters is 1. The minimum Gasteiger partial charge on any atom is -0.468 e. The van der Waals surface area contributed by atoms with Gasteiger partial charge >= 0.3 is 5.97 Å². The summed E-state index contributed by atoms with van der Waals surface area (Å²) in [6, 6.07) is 0. The molecule has 106 valence electrons. The number of nitrogens with zero attached hydrogens (tertiary/aromatic N) is 1. The Hall–Kier alpha value is -1.06. The highest BCUT2D eigenvalue weighted by atomic mass is 16.5. The van der Waals surface area contributed by atoms with Crippen LogP contribution in [0.3, 0.4) is 0 Å². The molecule has 0 aromatic heterocycles. The zero-order chi connectivity index (χ0) is 13.6. The Morgan fingerprint density at radius 1 is 1.21 bits per heavy atom. The number of hydrogen-bond acceptors (Lipinski definition) is 3. The summed E-state index contributed by atoms with van der Waals surface area (Å²) in [5, 5.41) is 0. The van der Waals surface area contributed by atoms with E-state index in [1.807, 2.05) is 6.92 Å². The molecule has 0 aromatic carbocycles. The van der Waals surface area contributed by atoms with Gasteiger partial charge in [-0.25, -0.2) is 0 Å². The molecule has 4 atom stereocenters. The lowest BCUT2D eigenvalue weighted by Crippen LogP contribution is -2.38. The third-order valence-corrected chi connectivity index (χ3v) is 5.37. The maximum absolute atomic E-state index is 12.6. The number of hydrogen-bond donors (Lipinski definition) is 0. The van der Waals surface area contributed by atoms with Crippen molar-refractivity contribution in [1.29, 1.82) is 0 Å². The molecule has 3 aliphatic rings. The van der Waals surface area contributed by atoms with Crippen molar-refractivity contribution in [2.75, 3.05) is 20.2 Å². The van der Waals surface area contributed by atoms with Crippen LogP contribution < -0.4 is 0 Å². The second-order valence-electron chi connectivity index (χ2n) is 6.35. The molecule has 3 saturated carbocycles. The van der Waals surface area contributed by atoms with Crippen LogP contribution in [0.5, 0.6) is 0 Å². The number of carbonyl (C=O) groups is 2. The van der Waals surface area contributed by atoms with Gasteiger partial charge in [0.15, 0.2) is 0 Å². The van der Waals surface area contributed by atoms with E-state index in [0.29, 0.717) is 18.4 Å². The fourth-order valence-electron chi connectivity index (χ4n) is 4.62. The Labute approximate surface area is 114 Å². The summed E-state index contributed by atoms with van der Waals surface area (Å²) in [5.74, 6) is 3.00. The molecule has 0 aromatic rings. The molecule has 3 rings (SSSR count). The van der Waals surface area contributed by atoms with Gasteiger partial charge < -0.3 is 9.64 Å². The number of ether oxygens (including phenoxy) is 1. The van der Waals surface area contributed by atoms with Gasteiger partial charge in [-0.3, -0.25) is 9.59 Å². The Morgan fingerprint density at radius 3 is 2.37 bits per heavy atom. The third kappa shape index (κ3) is 2.05. The van der Waals surface area contributed by atoms with E-state index in [-0.39, 0.29) is 24.3 Å². The smallest absolute Gasteiger partial charge is 0.325 e. The van der Waals surface area contributed by atoms with Crippen molar-refractivity contribution in [3.8, 4) is 0 Å². The lowest BCUT2D eigenvalue weighted by molar-refractivity contribution is -0.147. The summed E-state index contributed by atoms with van der Waals surface area (Å²) in [5.41, 5.74) is 0.